The van der Waals surface area contributed by atoms with Gasteiger partial charge in [0.2, 0.25) is 5.91 Å². The third kappa shape index (κ3) is 3.55. The number of rotatable bonds is 5. The van der Waals surface area contributed by atoms with Crippen LogP contribution in [0.15, 0.2) is 30.0 Å². The highest BCUT2D eigenvalue weighted by Gasteiger charge is 2.75. The molecule has 33 heavy (non-hydrogen) atoms. The lowest BCUT2D eigenvalue weighted by Gasteiger charge is -2.71. The molecule has 6 rings (SSSR count). The van der Waals surface area contributed by atoms with Crippen LogP contribution >= 0.6 is 11.6 Å². The Morgan fingerprint density at radius 3 is 2.55 bits per heavy atom. The summed E-state index contributed by atoms with van der Waals surface area (Å²) >= 11 is 6.78. The number of carbonyl (C=O) groups excluding carboxylic acids is 2. The summed E-state index contributed by atoms with van der Waals surface area (Å²) in [5, 5.41) is 0.824. The second-order valence-electron chi connectivity index (χ2n) is 12.3. The first-order valence-corrected chi connectivity index (χ1v) is 12.8. The minimum Gasteiger partial charge on any atom is -0.469 e. The summed E-state index contributed by atoms with van der Waals surface area (Å²) in [5.74, 6) is 0.0708. The summed E-state index contributed by atoms with van der Waals surface area (Å²) in [6.45, 7) is 6.77. The number of halogens is 1. The molecule has 2 bridgehead atoms. The van der Waals surface area contributed by atoms with Crippen LogP contribution in [-0.2, 0) is 26.2 Å². The van der Waals surface area contributed by atoms with Gasteiger partial charge in [0.15, 0.2) is 0 Å². The molecule has 4 fully saturated rings. The number of benzene rings is 1. The molecule has 0 N–H and O–H groups in total. The first-order chi connectivity index (χ1) is 15.5. The highest BCUT2D eigenvalue weighted by Crippen LogP contribution is 2.71. The van der Waals surface area contributed by atoms with E-state index in [-0.39, 0.29) is 33.7 Å². The van der Waals surface area contributed by atoms with Crippen LogP contribution in [0.3, 0.4) is 0 Å². The molecular formula is C28H36ClNO3. The fourth-order valence-corrected chi connectivity index (χ4v) is 7.19. The molecule has 4 nitrogen and oxygen atoms in total. The first-order valence-electron chi connectivity index (χ1n) is 12.4. The van der Waals surface area contributed by atoms with E-state index in [1.165, 1.54) is 23.8 Å². The molecule has 1 amide bonds. The Morgan fingerprint density at radius 2 is 1.91 bits per heavy atom. The number of methoxy groups -OCH3 is 1. The van der Waals surface area contributed by atoms with Crippen molar-refractivity contribution in [2.75, 3.05) is 7.11 Å². The Labute approximate surface area is 202 Å². The molecule has 4 aliphatic carbocycles. The Balaban J connectivity index is 1.42. The zero-order chi connectivity index (χ0) is 23.6. The van der Waals surface area contributed by atoms with Crippen molar-refractivity contribution in [3.63, 3.8) is 0 Å². The van der Waals surface area contributed by atoms with E-state index >= 15 is 0 Å². The van der Waals surface area contributed by atoms with E-state index in [0.29, 0.717) is 6.42 Å². The zero-order valence-corrected chi connectivity index (χ0v) is 21.2. The molecule has 0 spiro atoms. The lowest BCUT2D eigenvalue weighted by atomic mass is 9.38. The Morgan fingerprint density at radius 1 is 1.18 bits per heavy atom. The fourth-order valence-electron chi connectivity index (χ4n) is 6.92. The number of amides is 1. The minimum absolute atomic E-state index is 0.116. The molecule has 1 aliphatic heterocycles. The molecule has 1 atom stereocenters. The summed E-state index contributed by atoms with van der Waals surface area (Å²) < 4.78 is 5.00. The van der Waals surface area contributed by atoms with Gasteiger partial charge in [-0.1, -0.05) is 50.9 Å². The number of hydrogen-bond donors (Lipinski definition) is 0. The molecule has 1 aromatic carbocycles. The van der Waals surface area contributed by atoms with E-state index in [4.69, 9.17) is 16.3 Å². The van der Waals surface area contributed by atoms with Crippen molar-refractivity contribution < 1.29 is 14.3 Å². The highest BCUT2D eigenvalue weighted by molar-refractivity contribution is 6.31. The monoisotopic (exact) mass is 469 g/mol. The van der Waals surface area contributed by atoms with Gasteiger partial charge < -0.3 is 9.64 Å². The second-order valence-corrected chi connectivity index (χ2v) is 12.7. The summed E-state index contributed by atoms with van der Waals surface area (Å²) in [5.41, 5.74) is 3.27. The van der Waals surface area contributed by atoms with Crippen LogP contribution in [-0.4, -0.2) is 29.4 Å². The first kappa shape index (κ1) is 23.0. The smallest absolute Gasteiger partial charge is 0.312 e. The summed E-state index contributed by atoms with van der Waals surface area (Å²) in [6, 6.07) is 6.54. The van der Waals surface area contributed by atoms with Gasteiger partial charge in [0.1, 0.15) is 0 Å². The van der Waals surface area contributed by atoms with Gasteiger partial charge in [0.25, 0.3) is 0 Å². The molecule has 1 aromatic rings. The zero-order valence-electron chi connectivity index (χ0n) is 20.4. The molecule has 0 unspecified atom stereocenters. The third-order valence-corrected chi connectivity index (χ3v) is 9.15. The molecular weight excluding hydrogens is 434 g/mol. The molecule has 0 radical (unpaired) electrons. The maximum absolute atomic E-state index is 13.5. The minimum atomic E-state index is -0.342. The van der Waals surface area contributed by atoms with Gasteiger partial charge in [-0.2, -0.15) is 0 Å². The van der Waals surface area contributed by atoms with Crippen LogP contribution in [0.4, 0.5) is 0 Å². The molecule has 5 aliphatic rings. The van der Waals surface area contributed by atoms with E-state index in [9.17, 15) is 9.59 Å². The molecule has 0 aromatic heterocycles. The maximum Gasteiger partial charge on any atom is 0.312 e. The fraction of sp³-hybridized carbons (Fsp3) is 0.643. The van der Waals surface area contributed by atoms with Crippen molar-refractivity contribution in [2.45, 2.75) is 95.9 Å². The number of allylic oxidation sites excluding steroid dienone is 1. The van der Waals surface area contributed by atoms with E-state index < -0.39 is 0 Å². The van der Waals surface area contributed by atoms with Gasteiger partial charge in [-0.25, -0.2) is 0 Å². The van der Waals surface area contributed by atoms with Crippen LogP contribution in [0.1, 0.15) is 89.7 Å². The van der Waals surface area contributed by atoms with Crippen LogP contribution in [0.5, 0.6) is 0 Å². The van der Waals surface area contributed by atoms with E-state index in [2.05, 4.69) is 45.2 Å². The van der Waals surface area contributed by atoms with Crippen LogP contribution in [0, 0.1) is 10.8 Å². The molecule has 0 saturated heterocycles. The van der Waals surface area contributed by atoms with Gasteiger partial charge in [0.05, 0.1) is 18.1 Å². The van der Waals surface area contributed by atoms with Crippen LogP contribution in [0.2, 0.25) is 5.02 Å². The Bertz CT molecular complexity index is 1020. The van der Waals surface area contributed by atoms with Crippen molar-refractivity contribution in [1.82, 2.24) is 4.90 Å². The number of nitrogens with zero attached hydrogens (tertiary/aromatic N) is 1. The largest absolute Gasteiger partial charge is 0.469 e. The number of aryl methyl sites for hydroxylation is 1. The summed E-state index contributed by atoms with van der Waals surface area (Å²) in [4.78, 5) is 27.7. The Hall–Kier alpha value is -1.81. The van der Waals surface area contributed by atoms with Crippen molar-refractivity contribution in [3.05, 3.63) is 46.1 Å². The second kappa shape index (κ2) is 7.60. The molecule has 4 saturated carbocycles. The number of esters is 1. The van der Waals surface area contributed by atoms with Crippen molar-refractivity contribution in [1.29, 1.82) is 0 Å². The number of fused-ring (bicyclic) bond motifs is 1. The predicted molar refractivity (Wildman–Crippen MR) is 130 cm³/mol. The average Bonchev–Trinajstić information content (AvgIpc) is 2.70. The number of carbonyl (C=O) groups is 2. The SMILES string of the molecule is COC(=O)C12CC(N3C=C4CCCC[C@@]4(c4ccc(CCC(C)(C)C)c(Cl)c4)CC3=O)(C1)C2. The van der Waals surface area contributed by atoms with Gasteiger partial charge in [-0.05, 0) is 79.5 Å². The topological polar surface area (TPSA) is 46.6 Å². The lowest BCUT2D eigenvalue weighted by Crippen LogP contribution is -2.77. The predicted octanol–water partition coefficient (Wildman–Crippen LogP) is 6.34. The number of hydrogen-bond acceptors (Lipinski definition) is 3. The maximum atomic E-state index is 13.5. The average molecular weight is 470 g/mol. The quantitative estimate of drug-likeness (QED) is 0.472. The molecule has 1 heterocycles. The van der Waals surface area contributed by atoms with E-state index in [1.54, 1.807) is 0 Å². The van der Waals surface area contributed by atoms with Gasteiger partial charge >= 0.3 is 5.97 Å². The van der Waals surface area contributed by atoms with Crippen molar-refractivity contribution >= 4 is 23.5 Å². The molecule has 5 heteroatoms. The number of ether oxygens (including phenoxy) is 1. The normalized spacial score (nSPS) is 32.9. The highest BCUT2D eigenvalue weighted by atomic mass is 35.5. The lowest BCUT2D eigenvalue weighted by molar-refractivity contribution is -0.226. The van der Waals surface area contributed by atoms with Gasteiger partial charge in [0, 0.05) is 23.1 Å². The van der Waals surface area contributed by atoms with E-state index in [0.717, 1.165) is 62.8 Å². The standard InChI is InChI=1S/C28H36ClNO3/c1-25(2,3)12-10-19-8-9-20(13-22(19)29)28-11-6-5-7-21(28)15-30(23(31)14-28)27-16-26(17-27,18-27)24(32)33-4/h8-9,13,15H,5-7,10-12,14,16-18H2,1-4H3/t26?,27?,28-/m0/s1. The third-order valence-electron chi connectivity index (χ3n) is 8.80. The van der Waals surface area contributed by atoms with E-state index in [1.807, 2.05) is 4.90 Å². The Kier molecular flexibility index (Phi) is 5.28. The van der Waals surface area contributed by atoms with Crippen molar-refractivity contribution in [3.8, 4) is 0 Å². The summed E-state index contributed by atoms with van der Waals surface area (Å²) in [6.07, 6.45) is 11.2. The van der Waals surface area contributed by atoms with Crippen LogP contribution < -0.4 is 0 Å². The molecule has 178 valence electrons. The van der Waals surface area contributed by atoms with Crippen LogP contribution in [0.25, 0.3) is 0 Å². The van der Waals surface area contributed by atoms with Gasteiger partial charge in [-0.3, -0.25) is 9.59 Å². The summed E-state index contributed by atoms with van der Waals surface area (Å²) in [7, 11) is 1.46. The van der Waals surface area contributed by atoms with Gasteiger partial charge in [-0.15, -0.1) is 0 Å². The van der Waals surface area contributed by atoms with Crippen molar-refractivity contribution in [2.24, 2.45) is 10.8 Å².